The van der Waals surface area contributed by atoms with E-state index in [9.17, 15) is 13.6 Å². The third-order valence-electron chi connectivity index (χ3n) is 5.13. The van der Waals surface area contributed by atoms with Gasteiger partial charge in [0.25, 0.3) is 5.91 Å². The lowest BCUT2D eigenvalue weighted by Crippen LogP contribution is -2.11. The molecule has 0 fully saturated rings. The van der Waals surface area contributed by atoms with E-state index in [0.717, 1.165) is 6.07 Å². The van der Waals surface area contributed by atoms with Crippen molar-refractivity contribution in [1.82, 2.24) is 20.6 Å². The average molecular weight is 482 g/mol. The zero-order chi connectivity index (χ0) is 23.8. The highest BCUT2D eigenvalue weighted by Crippen LogP contribution is 2.37. The molecule has 1 amide bonds. The highest BCUT2D eigenvalue weighted by molar-refractivity contribution is 6.30. The van der Waals surface area contributed by atoms with Crippen LogP contribution in [0.5, 0.6) is 5.75 Å². The molecule has 0 aliphatic heterocycles. The number of nitrogens with one attached hydrogen (secondary N) is 1. The van der Waals surface area contributed by atoms with E-state index in [1.807, 2.05) is 0 Å². The molecule has 0 saturated heterocycles. The van der Waals surface area contributed by atoms with Crippen molar-refractivity contribution in [2.75, 3.05) is 0 Å². The summed E-state index contributed by atoms with van der Waals surface area (Å²) in [5, 5.41) is 13.3. The van der Waals surface area contributed by atoms with Crippen molar-refractivity contribution in [3.8, 4) is 28.5 Å². The average Bonchev–Trinajstić information content (AvgIpc) is 3.47. The Morgan fingerprint density at radius 3 is 2.56 bits per heavy atom. The van der Waals surface area contributed by atoms with E-state index < -0.39 is 17.5 Å². The third kappa shape index (κ3) is 3.95. The maximum Gasteiger partial charge on any atom is 0.253 e. The molecule has 2 aromatic heterocycles. The monoisotopic (exact) mass is 481 g/mol. The normalized spacial score (nSPS) is 11.1. The highest BCUT2D eigenvalue weighted by Gasteiger charge is 2.23. The van der Waals surface area contributed by atoms with Gasteiger partial charge in [0, 0.05) is 10.9 Å². The van der Waals surface area contributed by atoms with Crippen molar-refractivity contribution in [3.63, 3.8) is 0 Å². The lowest BCUT2D eigenvalue weighted by molar-refractivity contribution is 0.100. The van der Waals surface area contributed by atoms with Gasteiger partial charge in [0.2, 0.25) is 0 Å². The molecule has 0 aliphatic carbocycles. The Morgan fingerprint density at radius 1 is 1.09 bits per heavy atom. The van der Waals surface area contributed by atoms with E-state index in [4.69, 9.17) is 26.5 Å². The first-order chi connectivity index (χ1) is 16.4. The van der Waals surface area contributed by atoms with Crippen LogP contribution in [0.15, 0.2) is 59.0 Å². The Morgan fingerprint density at radius 2 is 1.88 bits per heavy atom. The number of hydrogen-bond acceptors (Lipinski definition) is 6. The number of primary amides is 1. The van der Waals surface area contributed by atoms with E-state index in [1.165, 1.54) is 18.2 Å². The van der Waals surface area contributed by atoms with E-state index in [0.29, 0.717) is 16.9 Å². The summed E-state index contributed by atoms with van der Waals surface area (Å²) in [4.78, 5) is 12.2. The Kier molecular flexibility index (Phi) is 5.42. The quantitative estimate of drug-likeness (QED) is 0.356. The van der Waals surface area contributed by atoms with Crippen molar-refractivity contribution in [2.24, 2.45) is 5.73 Å². The minimum Gasteiger partial charge on any atom is -0.489 e. The summed E-state index contributed by atoms with van der Waals surface area (Å²) < 4.78 is 39.9. The van der Waals surface area contributed by atoms with Crippen LogP contribution in [-0.2, 0) is 6.61 Å². The number of hydrogen-bond donors (Lipinski definition) is 2. The molecule has 0 saturated carbocycles. The first kappa shape index (κ1) is 21.5. The predicted molar refractivity (Wildman–Crippen MR) is 119 cm³/mol. The number of furan rings is 1. The second kappa shape index (κ2) is 8.56. The smallest absolute Gasteiger partial charge is 0.253 e. The molecule has 3 aromatic carbocycles. The molecule has 5 aromatic rings. The topological polar surface area (TPSA) is 120 Å². The van der Waals surface area contributed by atoms with Crippen LogP contribution >= 0.6 is 11.6 Å². The summed E-state index contributed by atoms with van der Waals surface area (Å²) in [5.74, 6) is -1.15. The lowest BCUT2D eigenvalue weighted by Gasteiger charge is -2.08. The molecule has 34 heavy (non-hydrogen) atoms. The Hall–Kier alpha value is -4.31. The molecule has 0 unspecified atom stereocenters. The zero-order valence-electron chi connectivity index (χ0n) is 17.2. The van der Waals surface area contributed by atoms with Crippen molar-refractivity contribution < 1.29 is 22.7 Å². The molecule has 11 heteroatoms. The largest absolute Gasteiger partial charge is 0.489 e. The summed E-state index contributed by atoms with van der Waals surface area (Å²) >= 11 is 5.69. The summed E-state index contributed by atoms with van der Waals surface area (Å²) in [6, 6.07) is 13.6. The fraction of sp³-hybridized carbons (Fsp3) is 0.0435. The molecular weight excluding hydrogens is 468 g/mol. The molecule has 170 valence electrons. The van der Waals surface area contributed by atoms with Gasteiger partial charge < -0.3 is 14.9 Å². The summed E-state index contributed by atoms with van der Waals surface area (Å²) in [7, 11) is 0. The van der Waals surface area contributed by atoms with Gasteiger partial charge in [0.05, 0.1) is 16.1 Å². The molecule has 0 radical (unpaired) electrons. The van der Waals surface area contributed by atoms with Crippen molar-refractivity contribution in [3.05, 3.63) is 82.4 Å². The van der Waals surface area contributed by atoms with Gasteiger partial charge in [-0.05, 0) is 64.5 Å². The van der Waals surface area contributed by atoms with E-state index in [2.05, 4.69) is 20.6 Å². The van der Waals surface area contributed by atoms with Gasteiger partial charge in [-0.2, -0.15) is 0 Å². The number of fused-ring (bicyclic) bond motifs is 1. The fourth-order valence-corrected chi connectivity index (χ4v) is 3.64. The lowest BCUT2D eigenvalue weighted by atomic mass is 10.0. The van der Waals surface area contributed by atoms with Gasteiger partial charge in [0.1, 0.15) is 35.3 Å². The SMILES string of the molecule is NC(=O)c1c(-c2ccc(OCc3ccc(Cl)c(F)c3)cc2)oc2cc(-c3nnn[nH]3)c(F)cc12. The van der Waals surface area contributed by atoms with Crippen molar-refractivity contribution >= 4 is 28.5 Å². The standard InChI is InChI=1S/C23H14ClF2N5O3/c24-16-6-1-11(7-18(16)26)10-33-13-4-2-12(3-5-13)21-20(22(27)32)15-8-17(25)14(9-19(15)34-21)23-28-30-31-29-23/h1-9H,10H2,(H2,27,32)(H,28,29,30,31). The summed E-state index contributed by atoms with van der Waals surface area (Å²) in [6.45, 7) is 0.128. The highest BCUT2D eigenvalue weighted by atomic mass is 35.5. The number of aromatic nitrogens is 4. The number of halogens is 3. The molecular formula is C23H14ClF2N5O3. The van der Waals surface area contributed by atoms with Crippen LogP contribution in [0.1, 0.15) is 15.9 Å². The molecule has 5 rings (SSSR count). The molecule has 0 spiro atoms. The molecule has 0 aliphatic rings. The number of ether oxygens (including phenoxy) is 1. The van der Waals surface area contributed by atoms with Crippen molar-refractivity contribution in [1.29, 1.82) is 0 Å². The molecule has 0 atom stereocenters. The number of nitrogens with two attached hydrogens (primary N) is 1. The maximum absolute atomic E-state index is 14.7. The minimum atomic E-state index is -0.771. The summed E-state index contributed by atoms with van der Waals surface area (Å²) in [5.41, 5.74) is 7.08. The maximum atomic E-state index is 14.7. The Labute approximate surface area is 195 Å². The van der Waals surface area contributed by atoms with Gasteiger partial charge in [-0.25, -0.2) is 13.9 Å². The molecule has 2 heterocycles. The number of H-pyrrole nitrogens is 1. The number of nitrogens with zero attached hydrogens (tertiary/aromatic N) is 3. The first-order valence-corrected chi connectivity index (χ1v) is 10.3. The van der Waals surface area contributed by atoms with Gasteiger partial charge in [-0.3, -0.25) is 4.79 Å². The second-order valence-corrected chi connectivity index (χ2v) is 7.72. The number of carbonyl (C=O) groups is 1. The van der Waals surface area contributed by atoms with Gasteiger partial charge in [-0.1, -0.05) is 17.7 Å². The molecule has 8 nitrogen and oxygen atoms in total. The Bertz CT molecular complexity index is 1520. The second-order valence-electron chi connectivity index (χ2n) is 7.31. The van der Waals surface area contributed by atoms with Gasteiger partial charge in [0.15, 0.2) is 5.82 Å². The minimum absolute atomic E-state index is 0.0358. The van der Waals surface area contributed by atoms with Crippen LogP contribution in [0.25, 0.3) is 33.7 Å². The fourth-order valence-electron chi connectivity index (χ4n) is 3.52. The van der Waals surface area contributed by atoms with Crippen LogP contribution in [-0.4, -0.2) is 26.5 Å². The Balaban J connectivity index is 1.46. The van der Waals surface area contributed by atoms with Crippen LogP contribution in [0.2, 0.25) is 5.02 Å². The van der Waals surface area contributed by atoms with Crippen LogP contribution < -0.4 is 10.5 Å². The van der Waals surface area contributed by atoms with Crippen molar-refractivity contribution in [2.45, 2.75) is 6.61 Å². The number of amides is 1. The van der Waals surface area contributed by atoms with E-state index in [1.54, 1.807) is 30.3 Å². The predicted octanol–water partition coefficient (Wildman–Crippen LogP) is 4.89. The van der Waals surface area contributed by atoms with Crippen LogP contribution in [0, 0.1) is 11.6 Å². The summed E-state index contributed by atoms with van der Waals surface area (Å²) in [6.07, 6.45) is 0. The van der Waals surface area contributed by atoms with Crippen LogP contribution in [0.3, 0.4) is 0 Å². The van der Waals surface area contributed by atoms with Gasteiger partial charge in [-0.15, -0.1) is 5.10 Å². The number of aromatic amines is 1. The number of rotatable bonds is 6. The third-order valence-corrected chi connectivity index (χ3v) is 5.44. The number of benzene rings is 3. The van der Waals surface area contributed by atoms with E-state index >= 15 is 0 Å². The number of tetrazole rings is 1. The zero-order valence-corrected chi connectivity index (χ0v) is 17.9. The van der Waals surface area contributed by atoms with E-state index in [-0.39, 0.29) is 45.3 Å². The van der Waals surface area contributed by atoms with Crippen LogP contribution in [0.4, 0.5) is 8.78 Å². The number of carbonyl (C=O) groups excluding carboxylic acids is 1. The first-order valence-electron chi connectivity index (χ1n) is 9.88. The molecule has 0 bridgehead atoms. The molecule has 3 N–H and O–H groups in total. The van der Waals surface area contributed by atoms with Gasteiger partial charge >= 0.3 is 0 Å².